The number of hydrogen-bond acceptors (Lipinski definition) is 3. The van der Waals surface area contributed by atoms with Crippen LogP contribution in [0, 0.1) is 6.92 Å². The van der Waals surface area contributed by atoms with E-state index in [4.69, 9.17) is 0 Å². The fourth-order valence-electron chi connectivity index (χ4n) is 1.69. The van der Waals surface area contributed by atoms with Crippen LogP contribution in [0.2, 0.25) is 0 Å². The third-order valence-corrected chi connectivity index (χ3v) is 2.49. The van der Waals surface area contributed by atoms with E-state index in [9.17, 15) is 0 Å². The monoisotopic (exact) mass is 210 g/mol. The number of nitrogens with zero attached hydrogens (tertiary/aromatic N) is 3. The van der Waals surface area contributed by atoms with Crippen LogP contribution in [0.4, 0.5) is 0 Å². The lowest BCUT2D eigenvalue weighted by Gasteiger charge is -2.00. The van der Waals surface area contributed by atoms with E-state index in [0.717, 1.165) is 27.9 Å². The van der Waals surface area contributed by atoms with E-state index in [1.807, 2.05) is 31.3 Å². The van der Waals surface area contributed by atoms with Crippen molar-refractivity contribution in [2.75, 3.05) is 0 Å². The topological polar surface area (TPSA) is 54.5 Å². The second-order valence-corrected chi connectivity index (χ2v) is 3.70. The first-order chi connectivity index (χ1) is 7.83. The highest BCUT2D eigenvalue weighted by atomic mass is 15.1. The van der Waals surface area contributed by atoms with Crippen molar-refractivity contribution in [3.8, 4) is 11.1 Å². The molecule has 4 heteroatoms. The highest BCUT2D eigenvalue weighted by Crippen LogP contribution is 2.21. The standard InChI is InChI=1S/C12H10N4/c1-8-5-13-12-4-9(2-3-11(12)16-8)10-6-14-15-7-10/h2-7H,1H3,(H,14,15). The Bertz CT molecular complexity index is 629. The number of hydrogen-bond donors (Lipinski definition) is 1. The van der Waals surface area contributed by atoms with Crippen molar-refractivity contribution in [3.63, 3.8) is 0 Å². The molecule has 1 N–H and O–H groups in total. The molecule has 1 aromatic carbocycles. The Balaban J connectivity index is 2.20. The average molecular weight is 210 g/mol. The Kier molecular flexibility index (Phi) is 1.93. The predicted octanol–water partition coefficient (Wildman–Crippen LogP) is 2.33. The Hall–Kier alpha value is -2.23. The summed E-state index contributed by atoms with van der Waals surface area (Å²) in [5.74, 6) is 0. The molecule has 0 radical (unpaired) electrons. The first kappa shape index (κ1) is 9.03. The minimum Gasteiger partial charge on any atom is -0.285 e. The molecular formula is C12H10N4. The summed E-state index contributed by atoms with van der Waals surface area (Å²) in [6.07, 6.45) is 5.44. The maximum Gasteiger partial charge on any atom is 0.0893 e. The fraction of sp³-hybridized carbons (Fsp3) is 0.0833. The molecule has 0 aliphatic rings. The molecule has 2 aromatic heterocycles. The van der Waals surface area contributed by atoms with Crippen molar-refractivity contribution in [2.45, 2.75) is 6.92 Å². The summed E-state index contributed by atoms with van der Waals surface area (Å²) in [5.41, 5.74) is 4.92. The Labute approximate surface area is 92.4 Å². The van der Waals surface area contributed by atoms with E-state index >= 15 is 0 Å². The van der Waals surface area contributed by atoms with Crippen LogP contribution >= 0.6 is 0 Å². The average Bonchev–Trinajstić information content (AvgIpc) is 2.82. The van der Waals surface area contributed by atoms with E-state index in [1.165, 1.54) is 0 Å². The van der Waals surface area contributed by atoms with Crippen LogP contribution in [0.3, 0.4) is 0 Å². The first-order valence-corrected chi connectivity index (χ1v) is 5.05. The lowest BCUT2D eigenvalue weighted by molar-refractivity contribution is 1.09. The zero-order chi connectivity index (χ0) is 11.0. The maximum atomic E-state index is 4.41. The van der Waals surface area contributed by atoms with Crippen LogP contribution in [0.25, 0.3) is 22.2 Å². The molecular weight excluding hydrogens is 200 g/mol. The van der Waals surface area contributed by atoms with Crippen molar-refractivity contribution < 1.29 is 0 Å². The molecule has 0 saturated carbocycles. The third-order valence-electron chi connectivity index (χ3n) is 2.49. The molecule has 0 aliphatic heterocycles. The molecule has 0 saturated heterocycles. The molecule has 3 aromatic rings. The lowest BCUT2D eigenvalue weighted by atomic mass is 10.1. The molecule has 3 rings (SSSR count). The van der Waals surface area contributed by atoms with Gasteiger partial charge in [-0.3, -0.25) is 10.1 Å². The summed E-state index contributed by atoms with van der Waals surface area (Å²) in [7, 11) is 0. The van der Waals surface area contributed by atoms with Crippen LogP contribution in [0.5, 0.6) is 0 Å². The zero-order valence-corrected chi connectivity index (χ0v) is 8.81. The number of aromatic nitrogens is 4. The van der Waals surface area contributed by atoms with E-state index in [1.54, 1.807) is 12.4 Å². The maximum absolute atomic E-state index is 4.41. The number of aryl methyl sites for hydroxylation is 1. The first-order valence-electron chi connectivity index (χ1n) is 5.05. The second-order valence-electron chi connectivity index (χ2n) is 3.70. The van der Waals surface area contributed by atoms with Crippen molar-refractivity contribution in [3.05, 3.63) is 42.5 Å². The van der Waals surface area contributed by atoms with Gasteiger partial charge in [0.05, 0.1) is 22.9 Å². The molecule has 0 aliphatic carbocycles. The predicted molar refractivity (Wildman–Crippen MR) is 61.9 cm³/mol. The Morgan fingerprint density at radius 2 is 2.00 bits per heavy atom. The van der Waals surface area contributed by atoms with E-state index in [2.05, 4.69) is 20.2 Å². The number of fused-ring (bicyclic) bond motifs is 1. The number of aromatic amines is 1. The lowest BCUT2D eigenvalue weighted by Crippen LogP contribution is -1.87. The van der Waals surface area contributed by atoms with E-state index < -0.39 is 0 Å². The molecule has 0 spiro atoms. The summed E-state index contributed by atoms with van der Waals surface area (Å²) in [4.78, 5) is 8.77. The Morgan fingerprint density at radius 1 is 1.06 bits per heavy atom. The summed E-state index contributed by atoms with van der Waals surface area (Å²) >= 11 is 0. The molecule has 2 heterocycles. The van der Waals surface area contributed by atoms with Gasteiger partial charge in [-0.15, -0.1) is 0 Å². The van der Waals surface area contributed by atoms with Gasteiger partial charge in [-0.25, -0.2) is 4.98 Å². The SMILES string of the molecule is Cc1cnc2cc(-c3cn[nH]c3)ccc2n1. The van der Waals surface area contributed by atoms with Crippen molar-refractivity contribution in [2.24, 2.45) is 0 Å². The van der Waals surface area contributed by atoms with Gasteiger partial charge in [0.15, 0.2) is 0 Å². The van der Waals surface area contributed by atoms with E-state index in [0.29, 0.717) is 0 Å². The fourth-order valence-corrected chi connectivity index (χ4v) is 1.69. The minimum atomic E-state index is 0.907. The van der Waals surface area contributed by atoms with Gasteiger partial charge in [0, 0.05) is 18.0 Å². The third kappa shape index (κ3) is 1.44. The Morgan fingerprint density at radius 3 is 2.81 bits per heavy atom. The quantitative estimate of drug-likeness (QED) is 0.670. The molecule has 0 unspecified atom stereocenters. The summed E-state index contributed by atoms with van der Waals surface area (Å²) in [6.45, 7) is 1.94. The molecule has 0 fully saturated rings. The minimum absolute atomic E-state index is 0.907. The van der Waals surface area contributed by atoms with Gasteiger partial charge in [0.1, 0.15) is 0 Å². The number of H-pyrrole nitrogens is 1. The molecule has 0 amide bonds. The zero-order valence-electron chi connectivity index (χ0n) is 8.81. The van der Waals surface area contributed by atoms with Gasteiger partial charge >= 0.3 is 0 Å². The number of rotatable bonds is 1. The molecule has 78 valence electrons. The normalized spacial score (nSPS) is 10.8. The summed E-state index contributed by atoms with van der Waals surface area (Å²) in [5, 5.41) is 6.73. The van der Waals surface area contributed by atoms with E-state index in [-0.39, 0.29) is 0 Å². The van der Waals surface area contributed by atoms with Gasteiger partial charge in [-0.2, -0.15) is 5.10 Å². The molecule has 16 heavy (non-hydrogen) atoms. The van der Waals surface area contributed by atoms with Gasteiger partial charge in [-0.05, 0) is 24.6 Å². The van der Waals surface area contributed by atoms with Gasteiger partial charge in [0.25, 0.3) is 0 Å². The molecule has 0 atom stereocenters. The highest BCUT2D eigenvalue weighted by molar-refractivity contribution is 5.80. The van der Waals surface area contributed by atoms with Crippen LogP contribution in [-0.2, 0) is 0 Å². The summed E-state index contributed by atoms with van der Waals surface area (Å²) in [6, 6.07) is 6.03. The number of benzene rings is 1. The van der Waals surface area contributed by atoms with Crippen LogP contribution in [-0.4, -0.2) is 20.2 Å². The van der Waals surface area contributed by atoms with Crippen molar-refractivity contribution in [1.82, 2.24) is 20.2 Å². The smallest absolute Gasteiger partial charge is 0.0893 e. The van der Waals surface area contributed by atoms with Gasteiger partial charge in [0.2, 0.25) is 0 Å². The highest BCUT2D eigenvalue weighted by Gasteiger charge is 2.02. The largest absolute Gasteiger partial charge is 0.285 e. The number of nitrogens with one attached hydrogen (secondary N) is 1. The molecule has 4 nitrogen and oxygen atoms in total. The van der Waals surface area contributed by atoms with Gasteiger partial charge < -0.3 is 0 Å². The van der Waals surface area contributed by atoms with Crippen LogP contribution in [0.1, 0.15) is 5.69 Å². The molecule has 0 bridgehead atoms. The van der Waals surface area contributed by atoms with Gasteiger partial charge in [-0.1, -0.05) is 6.07 Å². The van der Waals surface area contributed by atoms with Crippen molar-refractivity contribution >= 4 is 11.0 Å². The van der Waals surface area contributed by atoms with Crippen LogP contribution < -0.4 is 0 Å². The summed E-state index contributed by atoms with van der Waals surface area (Å²) < 4.78 is 0. The van der Waals surface area contributed by atoms with Crippen LogP contribution in [0.15, 0.2) is 36.8 Å². The van der Waals surface area contributed by atoms with Crippen molar-refractivity contribution in [1.29, 1.82) is 0 Å². The second kappa shape index (κ2) is 3.41.